The molecule has 0 heterocycles. The third-order valence-corrected chi connectivity index (χ3v) is 3.21. The van der Waals surface area contributed by atoms with Gasteiger partial charge in [-0.15, -0.1) is 0 Å². The van der Waals surface area contributed by atoms with Crippen molar-refractivity contribution in [2.45, 2.75) is 38.2 Å². The first-order valence-electron chi connectivity index (χ1n) is 4.51. The summed E-state index contributed by atoms with van der Waals surface area (Å²) in [6.07, 6.45) is 8.27. The van der Waals surface area contributed by atoms with Crippen LogP contribution in [0.2, 0.25) is 0 Å². The summed E-state index contributed by atoms with van der Waals surface area (Å²) in [7, 11) is 0. The van der Waals surface area contributed by atoms with Gasteiger partial charge in [0, 0.05) is 0 Å². The van der Waals surface area contributed by atoms with Crippen molar-refractivity contribution in [3.05, 3.63) is 0 Å². The van der Waals surface area contributed by atoms with E-state index in [-0.39, 0.29) is 6.10 Å². The highest BCUT2D eigenvalue weighted by Gasteiger charge is 2.22. The van der Waals surface area contributed by atoms with Crippen LogP contribution in [0.4, 0.5) is 0 Å². The molecule has 2 heteroatoms. The van der Waals surface area contributed by atoms with Gasteiger partial charge in [-0.1, -0.05) is 12.8 Å². The molecule has 0 spiro atoms. The van der Waals surface area contributed by atoms with Crippen LogP contribution in [-0.4, -0.2) is 23.2 Å². The lowest BCUT2D eigenvalue weighted by Gasteiger charge is -2.16. The maximum Gasteiger partial charge on any atom is 0.0576 e. The molecule has 1 nitrogen and oxygen atoms in total. The Kier molecular flexibility index (Phi) is 4.31. The highest BCUT2D eigenvalue weighted by Crippen LogP contribution is 2.29. The maximum atomic E-state index is 9.67. The fourth-order valence-corrected chi connectivity index (χ4v) is 2.29. The molecule has 66 valence electrons. The molecule has 0 aromatic carbocycles. The van der Waals surface area contributed by atoms with Crippen LogP contribution in [-0.2, 0) is 0 Å². The second-order valence-corrected chi connectivity index (χ2v) is 4.38. The van der Waals surface area contributed by atoms with Crippen molar-refractivity contribution in [2.75, 3.05) is 12.0 Å². The van der Waals surface area contributed by atoms with Crippen molar-refractivity contribution < 1.29 is 5.11 Å². The van der Waals surface area contributed by atoms with E-state index < -0.39 is 0 Å². The second kappa shape index (κ2) is 5.04. The molecule has 0 saturated heterocycles. The molecule has 1 fully saturated rings. The number of hydrogen-bond donors (Lipinski definition) is 1. The van der Waals surface area contributed by atoms with Gasteiger partial charge in [-0.3, -0.25) is 0 Å². The van der Waals surface area contributed by atoms with Crippen LogP contribution in [0, 0.1) is 5.92 Å². The average molecular weight is 174 g/mol. The lowest BCUT2D eigenvalue weighted by Crippen LogP contribution is -2.18. The van der Waals surface area contributed by atoms with Crippen molar-refractivity contribution >= 4 is 11.8 Å². The monoisotopic (exact) mass is 174 g/mol. The zero-order valence-electron chi connectivity index (χ0n) is 7.25. The van der Waals surface area contributed by atoms with Gasteiger partial charge in [-0.05, 0) is 37.2 Å². The van der Waals surface area contributed by atoms with E-state index in [1.54, 1.807) is 0 Å². The fourth-order valence-electron chi connectivity index (χ4n) is 1.82. The molecule has 1 rings (SSSR count). The molecule has 0 bridgehead atoms. The van der Waals surface area contributed by atoms with E-state index in [1.165, 1.54) is 25.7 Å². The Balaban J connectivity index is 2.12. The van der Waals surface area contributed by atoms with Gasteiger partial charge in [0.25, 0.3) is 0 Å². The van der Waals surface area contributed by atoms with Crippen LogP contribution in [0.5, 0.6) is 0 Å². The van der Waals surface area contributed by atoms with Gasteiger partial charge in [-0.2, -0.15) is 11.8 Å². The molecule has 1 saturated carbocycles. The van der Waals surface area contributed by atoms with E-state index in [0.717, 1.165) is 12.2 Å². The summed E-state index contributed by atoms with van der Waals surface area (Å²) in [5, 5.41) is 9.67. The fraction of sp³-hybridized carbons (Fsp3) is 1.00. The first kappa shape index (κ1) is 9.40. The minimum Gasteiger partial charge on any atom is -0.393 e. The SMILES string of the molecule is CSCCC(O)C1CCCC1. The Hall–Kier alpha value is 0.310. The topological polar surface area (TPSA) is 20.2 Å². The van der Waals surface area contributed by atoms with Crippen LogP contribution >= 0.6 is 11.8 Å². The van der Waals surface area contributed by atoms with Crippen molar-refractivity contribution in [3.8, 4) is 0 Å². The first-order chi connectivity index (χ1) is 5.34. The number of thioether (sulfide) groups is 1. The molecular formula is C9H18OS. The number of aliphatic hydroxyl groups is 1. The van der Waals surface area contributed by atoms with Gasteiger partial charge in [0.05, 0.1) is 6.10 Å². The van der Waals surface area contributed by atoms with Gasteiger partial charge in [0.2, 0.25) is 0 Å². The van der Waals surface area contributed by atoms with E-state index in [2.05, 4.69) is 6.26 Å². The van der Waals surface area contributed by atoms with Crippen LogP contribution in [0.25, 0.3) is 0 Å². The summed E-state index contributed by atoms with van der Waals surface area (Å²) in [6, 6.07) is 0. The predicted octanol–water partition coefficient (Wildman–Crippen LogP) is 2.29. The lowest BCUT2D eigenvalue weighted by atomic mass is 9.99. The van der Waals surface area contributed by atoms with Crippen LogP contribution in [0.3, 0.4) is 0 Å². The van der Waals surface area contributed by atoms with E-state index in [0.29, 0.717) is 5.92 Å². The molecule has 11 heavy (non-hydrogen) atoms. The molecule has 0 aromatic rings. The quantitative estimate of drug-likeness (QED) is 0.705. The average Bonchev–Trinajstić information content (AvgIpc) is 2.52. The van der Waals surface area contributed by atoms with Gasteiger partial charge < -0.3 is 5.11 Å². The lowest BCUT2D eigenvalue weighted by molar-refractivity contribution is 0.108. The van der Waals surface area contributed by atoms with Gasteiger partial charge >= 0.3 is 0 Å². The third kappa shape index (κ3) is 3.04. The van der Waals surface area contributed by atoms with Gasteiger partial charge in [0.1, 0.15) is 0 Å². The summed E-state index contributed by atoms with van der Waals surface area (Å²) in [5.74, 6) is 1.74. The van der Waals surface area contributed by atoms with E-state index in [9.17, 15) is 5.11 Å². The van der Waals surface area contributed by atoms with Crippen LogP contribution < -0.4 is 0 Å². The molecule has 1 aliphatic rings. The largest absolute Gasteiger partial charge is 0.393 e. The molecule has 1 aliphatic carbocycles. The summed E-state index contributed by atoms with van der Waals surface area (Å²) < 4.78 is 0. The minimum absolute atomic E-state index is 0.00931. The standard InChI is InChI=1S/C9H18OS/c1-11-7-6-9(10)8-4-2-3-5-8/h8-10H,2-7H2,1H3. The number of rotatable bonds is 4. The Morgan fingerprint density at radius 2 is 2.09 bits per heavy atom. The van der Waals surface area contributed by atoms with Crippen molar-refractivity contribution in [1.29, 1.82) is 0 Å². The van der Waals surface area contributed by atoms with E-state index >= 15 is 0 Å². The second-order valence-electron chi connectivity index (χ2n) is 3.39. The Morgan fingerprint density at radius 3 is 2.64 bits per heavy atom. The third-order valence-electron chi connectivity index (χ3n) is 2.56. The summed E-state index contributed by atoms with van der Waals surface area (Å²) >= 11 is 1.83. The van der Waals surface area contributed by atoms with E-state index in [1.807, 2.05) is 11.8 Å². The van der Waals surface area contributed by atoms with Crippen molar-refractivity contribution in [3.63, 3.8) is 0 Å². The molecular weight excluding hydrogens is 156 g/mol. The smallest absolute Gasteiger partial charge is 0.0576 e. The first-order valence-corrected chi connectivity index (χ1v) is 5.91. The zero-order chi connectivity index (χ0) is 8.10. The Morgan fingerprint density at radius 1 is 1.45 bits per heavy atom. The Bertz CT molecular complexity index is 99.7. The minimum atomic E-state index is -0.00931. The number of hydrogen-bond acceptors (Lipinski definition) is 2. The summed E-state index contributed by atoms with van der Waals surface area (Å²) in [4.78, 5) is 0. The molecule has 1 atom stereocenters. The summed E-state index contributed by atoms with van der Waals surface area (Å²) in [6.45, 7) is 0. The van der Waals surface area contributed by atoms with E-state index in [4.69, 9.17) is 0 Å². The van der Waals surface area contributed by atoms with Gasteiger partial charge in [-0.25, -0.2) is 0 Å². The highest BCUT2D eigenvalue weighted by molar-refractivity contribution is 7.98. The molecule has 0 radical (unpaired) electrons. The Labute approximate surface area is 73.6 Å². The number of aliphatic hydroxyl groups excluding tert-OH is 1. The zero-order valence-corrected chi connectivity index (χ0v) is 8.07. The van der Waals surface area contributed by atoms with Crippen molar-refractivity contribution in [2.24, 2.45) is 5.92 Å². The van der Waals surface area contributed by atoms with Crippen LogP contribution in [0.15, 0.2) is 0 Å². The predicted molar refractivity (Wildman–Crippen MR) is 51.0 cm³/mol. The normalized spacial score (nSPS) is 22.4. The molecule has 1 N–H and O–H groups in total. The maximum absolute atomic E-state index is 9.67. The highest BCUT2D eigenvalue weighted by atomic mass is 32.2. The van der Waals surface area contributed by atoms with Gasteiger partial charge in [0.15, 0.2) is 0 Å². The molecule has 1 unspecified atom stereocenters. The van der Waals surface area contributed by atoms with Crippen LogP contribution in [0.1, 0.15) is 32.1 Å². The summed E-state index contributed by atoms with van der Waals surface area (Å²) in [5.41, 5.74) is 0. The molecule has 0 aromatic heterocycles. The van der Waals surface area contributed by atoms with Crippen molar-refractivity contribution in [1.82, 2.24) is 0 Å². The molecule has 0 aliphatic heterocycles. The molecule has 0 amide bonds.